The van der Waals surface area contributed by atoms with Crippen molar-refractivity contribution in [3.05, 3.63) is 28.2 Å². The second-order valence-corrected chi connectivity index (χ2v) is 6.15. The first-order valence-electron chi connectivity index (χ1n) is 5.29. The van der Waals surface area contributed by atoms with Gasteiger partial charge in [-0.2, -0.15) is 5.10 Å². The fraction of sp³-hybridized carbons (Fsp3) is 0.182. The predicted molar refractivity (Wildman–Crippen MR) is 81.1 cm³/mol. The molecule has 0 atom stereocenters. The van der Waals surface area contributed by atoms with Crippen LogP contribution in [0.3, 0.4) is 0 Å². The van der Waals surface area contributed by atoms with Crippen molar-refractivity contribution in [1.29, 1.82) is 0 Å². The number of hydrogen-bond acceptors (Lipinski definition) is 5. The van der Waals surface area contributed by atoms with Gasteiger partial charge in [-0.15, -0.1) is 11.3 Å². The maximum absolute atomic E-state index is 4.47. The number of thiophene rings is 1. The fourth-order valence-electron chi connectivity index (χ4n) is 1.59. The molecule has 0 saturated carbocycles. The van der Waals surface area contributed by atoms with Gasteiger partial charge in [-0.3, -0.25) is 0 Å². The largest absolute Gasteiger partial charge is 0.370 e. The van der Waals surface area contributed by atoms with Crippen molar-refractivity contribution in [1.82, 2.24) is 19.6 Å². The lowest BCUT2D eigenvalue weighted by Crippen LogP contribution is -2.05. The maximum atomic E-state index is 4.47. The summed E-state index contributed by atoms with van der Waals surface area (Å²) in [5, 5.41) is 5.54. The lowest BCUT2D eigenvalue weighted by Gasteiger charge is -2.06. The average molecular weight is 371 g/mol. The number of anilines is 1. The molecule has 0 aliphatic rings. The molecule has 0 aliphatic carbocycles. The van der Waals surface area contributed by atoms with Gasteiger partial charge in [0, 0.05) is 14.1 Å². The quantitative estimate of drug-likeness (QED) is 0.650. The molecule has 18 heavy (non-hydrogen) atoms. The molecule has 3 aromatic rings. The van der Waals surface area contributed by atoms with Gasteiger partial charge in [-0.1, -0.05) is 0 Å². The summed E-state index contributed by atoms with van der Waals surface area (Å²) in [5.74, 6) is 0.630. The Morgan fingerprint density at radius 1 is 1.33 bits per heavy atom. The Morgan fingerprint density at radius 2 is 2.17 bits per heavy atom. The highest BCUT2D eigenvalue weighted by Gasteiger charge is 2.09. The second-order valence-electron chi connectivity index (χ2n) is 3.98. The van der Waals surface area contributed by atoms with Gasteiger partial charge in [0.2, 0.25) is 0 Å². The van der Waals surface area contributed by atoms with E-state index < -0.39 is 0 Å². The van der Waals surface area contributed by atoms with Gasteiger partial charge in [0.1, 0.15) is 9.39 Å². The van der Waals surface area contributed by atoms with Crippen LogP contribution in [0.25, 0.3) is 16.3 Å². The summed E-state index contributed by atoms with van der Waals surface area (Å²) in [6, 6.07) is 4.17. The molecule has 92 valence electrons. The summed E-state index contributed by atoms with van der Waals surface area (Å²) in [6.07, 6.45) is 3.63. The molecular formula is C11H10IN5S. The minimum absolute atomic E-state index is 0.630. The SMILES string of the molecule is CN(C)c1ccc(-c2cn3nc(I)cnc3n2)s1. The van der Waals surface area contributed by atoms with E-state index in [1.807, 2.05) is 20.3 Å². The zero-order valence-corrected chi connectivity index (χ0v) is 12.8. The monoisotopic (exact) mass is 371 g/mol. The lowest BCUT2D eigenvalue weighted by molar-refractivity contribution is 0.881. The van der Waals surface area contributed by atoms with Crippen molar-refractivity contribution in [2.24, 2.45) is 0 Å². The summed E-state index contributed by atoms with van der Waals surface area (Å²) in [7, 11) is 4.06. The number of rotatable bonds is 2. The van der Waals surface area contributed by atoms with Crippen molar-refractivity contribution < 1.29 is 0 Å². The molecule has 0 bridgehead atoms. The van der Waals surface area contributed by atoms with E-state index in [9.17, 15) is 0 Å². The van der Waals surface area contributed by atoms with Crippen LogP contribution in [0.5, 0.6) is 0 Å². The van der Waals surface area contributed by atoms with Gasteiger partial charge in [0.15, 0.2) is 0 Å². The number of hydrogen-bond donors (Lipinski definition) is 0. The molecule has 0 fully saturated rings. The van der Waals surface area contributed by atoms with E-state index in [1.54, 1.807) is 22.0 Å². The molecule has 0 radical (unpaired) electrons. The zero-order valence-electron chi connectivity index (χ0n) is 9.83. The van der Waals surface area contributed by atoms with Crippen molar-refractivity contribution in [2.75, 3.05) is 19.0 Å². The van der Waals surface area contributed by atoms with E-state index in [4.69, 9.17) is 0 Å². The number of halogens is 1. The Balaban J connectivity index is 2.07. The Labute approximate surface area is 122 Å². The Morgan fingerprint density at radius 3 is 2.89 bits per heavy atom. The van der Waals surface area contributed by atoms with E-state index in [0.29, 0.717) is 5.78 Å². The van der Waals surface area contributed by atoms with E-state index >= 15 is 0 Å². The fourth-order valence-corrected chi connectivity index (χ4v) is 2.84. The Hall–Kier alpha value is -1.22. The smallest absolute Gasteiger partial charge is 0.251 e. The van der Waals surface area contributed by atoms with Gasteiger partial charge in [0.25, 0.3) is 5.78 Å². The van der Waals surface area contributed by atoms with Crippen LogP contribution in [-0.2, 0) is 0 Å². The first-order valence-corrected chi connectivity index (χ1v) is 7.18. The third-order valence-electron chi connectivity index (χ3n) is 2.44. The van der Waals surface area contributed by atoms with E-state index in [-0.39, 0.29) is 0 Å². The van der Waals surface area contributed by atoms with Gasteiger partial charge < -0.3 is 4.90 Å². The summed E-state index contributed by atoms with van der Waals surface area (Å²) in [4.78, 5) is 11.9. The summed E-state index contributed by atoms with van der Waals surface area (Å²) < 4.78 is 2.57. The molecule has 3 rings (SSSR count). The van der Waals surface area contributed by atoms with E-state index in [2.05, 4.69) is 54.7 Å². The first-order chi connectivity index (χ1) is 8.63. The van der Waals surface area contributed by atoms with Gasteiger partial charge in [-0.25, -0.2) is 14.5 Å². The molecule has 0 saturated heterocycles. The molecule has 5 nitrogen and oxygen atoms in total. The number of nitrogens with zero attached hydrogens (tertiary/aromatic N) is 5. The van der Waals surface area contributed by atoms with Gasteiger partial charge in [-0.05, 0) is 34.7 Å². The van der Waals surface area contributed by atoms with Crippen LogP contribution < -0.4 is 4.90 Å². The van der Waals surface area contributed by atoms with Crippen LogP contribution in [0, 0.1) is 3.70 Å². The molecule has 0 N–H and O–H groups in total. The molecule has 0 aliphatic heterocycles. The number of imidazole rings is 1. The molecule has 3 heterocycles. The van der Waals surface area contributed by atoms with Crippen molar-refractivity contribution >= 4 is 44.7 Å². The van der Waals surface area contributed by atoms with Crippen LogP contribution in [0.15, 0.2) is 24.5 Å². The minimum atomic E-state index is 0.630. The first kappa shape index (κ1) is 11.8. The Kier molecular flexibility index (Phi) is 2.94. The predicted octanol–water partition coefficient (Wildman–Crippen LogP) is 2.52. The third-order valence-corrected chi connectivity index (χ3v) is 4.21. The summed E-state index contributed by atoms with van der Waals surface area (Å²) in [5.41, 5.74) is 0.912. The molecule has 0 aromatic carbocycles. The van der Waals surface area contributed by atoms with Crippen LogP contribution in [0.1, 0.15) is 0 Å². The van der Waals surface area contributed by atoms with Crippen LogP contribution >= 0.6 is 33.9 Å². The molecular weight excluding hydrogens is 361 g/mol. The minimum Gasteiger partial charge on any atom is -0.370 e. The van der Waals surface area contributed by atoms with Crippen LogP contribution in [0.4, 0.5) is 5.00 Å². The van der Waals surface area contributed by atoms with Crippen LogP contribution in [-0.4, -0.2) is 33.7 Å². The van der Waals surface area contributed by atoms with Crippen LogP contribution in [0.2, 0.25) is 0 Å². The second kappa shape index (κ2) is 4.47. The van der Waals surface area contributed by atoms with Crippen molar-refractivity contribution in [3.63, 3.8) is 0 Å². The summed E-state index contributed by atoms with van der Waals surface area (Å²) >= 11 is 3.84. The lowest BCUT2D eigenvalue weighted by atomic mass is 10.4. The highest BCUT2D eigenvalue weighted by atomic mass is 127. The third kappa shape index (κ3) is 2.07. The summed E-state index contributed by atoms with van der Waals surface area (Å²) in [6.45, 7) is 0. The molecule has 0 spiro atoms. The topological polar surface area (TPSA) is 46.3 Å². The Bertz CT molecular complexity index is 702. The van der Waals surface area contributed by atoms with Crippen molar-refractivity contribution in [2.45, 2.75) is 0 Å². The maximum Gasteiger partial charge on any atom is 0.251 e. The van der Waals surface area contributed by atoms with Gasteiger partial charge in [0.05, 0.1) is 22.3 Å². The zero-order chi connectivity index (χ0) is 12.7. The molecule has 7 heteroatoms. The van der Waals surface area contributed by atoms with Crippen molar-refractivity contribution in [3.8, 4) is 10.6 Å². The number of fused-ring (bicyclic) bond motifs is 1. The van der Waals surface area contributed by atoms with E-state index in [1.165, 1.54) is 5.00 Å². The van der Waals surface area contributed by atoms with Gasteiger partial charge >= 0.3 is 0 Å². The highest BCUT2D eigenvalue weighted by molar-refractivity contribution is 14.1. The normalized spacial score (nSPS) is 11.1. The molecule has 0 unspecified atom stereocenters. The average Bonchev–Trinajstić information content (AvgIpc) is 2.93. The van der Waals surface area contributed by atoms with E-state index in [0.717, 1.165) is 14.3 Å². The molecule has 0 amide bonds. The highest BCUT2D eigenvalue weighted by Crippen LogP contribution is 2.31. The molecule has 3 aromatic heterocycles. The standard InChI is InChI=1S/C11H10IN5S/c1-16(2)10-4-3-8(18-10)7-6-17-11(14-7)13-5-9(12)15-17/h3-6H,1-2H3. The number of aromatic nitrogens is 4.